The first kappa shape index (κ1) is 14.2. The molecule has 5 heteroatoms. The minimum atomic E-state index is -0.983. The van der Waals surface area contributed by atoms with Crippen molar-refractivity contribution in [1.29, 1.82) is 0 Å². The second-order valence-electron chi connectivity index (χ2n) is 5.07. The van der Waals surface area contributed by atoms with Crippen molar-refractivity contribution in [3.63, 3.8) is 0 Å². The van der Waals surface area contributed by atoms with Crippen LogP contribution in [0.3, 0.4) is 0 Å². The van der Waals surface area contributed by atoms with Crippen LogP contribution in [0, 0.1) is 5.92 Å². The van der Waals surface area contributed by atoms with Gasteiger partial charge in [0, 0.05) is 6.54 Å². The van der Waals surface area contributed by atoms with Crippen LogP contribution in [-0.4, -0.2) is 28.8 Å². The summed E-state index contributed by atoms with van der Waals surface area (Å²) in [5.74, 6) is -0.539. The Bertz CT molecular complexity index is 464. The fourth-order valence-electron chi connectivity index (χ4n) is 2.49. The van der Waals surface area contributed by atoms with Gasteiger partial charge < -0.3 is 15.5 Å². The number of halogens is 1. The highest BCUT2D eigenvalue weighted by molar-refractivity contribution is 6.33. The van der Waals surface area contributed by atoms with Crippen LogP contribution < -0.4 is 5.32 Å². The minimum Gasteiger partial charge on any atom is -0.478 e. The molecular formula is C14H18ClNO3. The molecule has 1 aromatic rings. The number of benzene rings is 1. The normalized spacial score (nSPS) is 23.1. The average Bonchev–Trinajstić information content (AvgIpc) is 2.37. The number of hydrogen-bond acceptors (Lipinski definition) is 3. The zero-order chi connectivity index (χ0) is 13.8. The number of aromatic carboxylic acids is 1. The molecule has 1 saturated carbocycles. The van der Waals surface area contributed by atoms with E-state index in [2.05, 4.69) is 5.32 Å². The van der Waals surface area contributed by atoms with Crippen molar-refractivity contribution in [2.45, 2.75) is 31.8 Å². The van der Waals surface area contributed by atoms with E-state index in [-0.39, 0.29) is 11.7 Å². The monoisotopic (exact) mass is 283 g/mol. The van der Waals surface area contributed by atoms with Crippen molar-refractivity contribution in [2.75, 3.05) is 11.9 Å². The Morgan fingerprint density at radius 2 is 2.21 bits per heavy atom. The Morgan fingerprint density at radius 3 is 2.84 bits per heavy atom. The van der Waals surface area contributed by atoms with Crippen molar-refractivity contribution in [1.82, 2.24) is 0 Å². The summed E-state index contributed by atoms with van der Waals surface area (Å²) in [6.45, 7) is 0.753. The van der Waals surface area contributed by atoms with Crippen LogP contribution in [0.4, 0.5) is 5.69 Å². The largest absolute Gasteiger partial charge is 0.478 e. The first-order valence-corrected chi connectivity index (χ1v) is 6.89. The van der Waals surface area contributed by atoms with Crippen molar-refractivity contribution in [2.24, 2.45) is 5.92 Å². The lowest BCUT2D eigenvalue weighted by Crippen LogP contribution is -2.25. The van der Waals surface area contributed by atoms with E-state index < -0.39 is 5.97 Å². The van der Waals surface area contributed by atoms with E-state index in [1.54, 1.807) is 6.07 Å². The number of aliphatic hydroxyl groups is 1. The average molecular weight is 284 g/mol. The maximum atomic E-state index is 10.8. The second-order valence-corrected chi connectivity index (χ2v) is 5.47. The Labute approximate surface area is 117 Å². The van der Waals surface area contributed by atoms with Gasteiger partial charge in [0.2, 0.25) is 0 Å². The van der Waals surface area contributed by atoms with Gasteiger partial charge in [-0.1, -0.05) is 18.0 Å². The summed E-state index contributed by atoms with van der Waals surface area (Å²) in [5, 5.41) is 22.1. The SMILES string of the molecule is O=C(O)c1ccc(NCC2CCCC(O)C2)c(Cl)c1. The molecule has 0 aromatic heterocycles. The van der Waals surface area contributed by atoms with E-state index >= 15 is 0 Å². The summed E-state index contributed by atoms with van der Waals surface area (Å²) in [6.07, 6.45) is 3.68. The molecule has 0 saturated heterocycles. The molecule has 2 atom stereocenters. The Morgan fingerprint density at radius 1 is 1.42 bits per heavy atom. The third kappa shape index (κ3) is 3.85. The summed E-state index contributed by atoms with van der Waals surface area (Å²) in [7, 11) is 0. The summed E-state index contributed by atoms with van der Waals surface area (Å²) < 4.78 is 0. The predicted molar refractivity (Wildman–Crippen MR) is 74.9 cm³/mol. The molecule has 0 aliphatic heterocycles. The van der Waals surface area contributed by atoms with Gasteiger partial charge in [0.1, 0.15) is 0 Å². The topological polar surface area (TPSA) is 69.6 Å². The predicted octanol–water partition coefficient (Wildman–Crippen LogP) is 3.00. The van der Waals surface area contributed by atoms with Crippen LogP contribution >= 0.6 is 11.6 Å². The lowest BCUT2D eigenvalue weighted by atomic mass is 9.87. The van der Waals surface area contributed by atoms with Crippen molar-refractivity contribution < 1.29 is 15.0 Å². The van der Waals surface area contributed by atoms with E-state index in [0.717, 1.165) is 37.9 Å². The zero-order valence-electron chi connectivity index (χ0n) is 10.6. The highest BCUT2D eigenvalue weighted by Gasteiger charge is 2.20. The molecular weight excluding hydrogens is 266 g/mol. The van der Waals surface area contributed by atoms with Gasteiger partial charge in [-0.2, -0.15) is 0 Å². The van der Waals surface area contributed by atoms with Crippen LogP contribution in [0.2, 0.25) is 5.02 Å². The molecule has 1 fully saturated rings. The first-order chi connectivity index (χ1) is 9.06. The van der Waals surface area contributed by atoms with E-state index in [4.69, 9.17) is 16.7 Å². The van der Waals surface area contributed by atoms with Gasteiger partial charge in [-0.25, -0.2) is 4.79 Å². The third-order valence-electron chi connectivity index (χ3n) is 3.55. The van der Waals surface area contributed by atoms with Gasteiger partial charge in [-0.05, 0) is 43.4 Å². The molecule has 0 bridgehead atoms. The highest BCUT2D eigenvalue weighted by Crippen LogP contribution is 2.27. The Balaban J connectivity index is 1.94. The Kier molecular flexibility index (Phi) is 4.66. The van der Waals surface area contributed by atoms with Gasteiger partial charge in [0.25, 0.3) is 0 Å². The molecule has 0 heterocycles. The number of nitrogens with one attached hydrogen (secondary N) is 1. The third-order valence-corrected chi connectivity index (χ3v) is 3.87. The van der Waals surface area contributed by atoms with Crippen LogP contribution in [0.25, 0.3) is 0 Å². The standard InChI is InChI=1S/C14H18ClNO3/c15-12-7-10(14(18)19)4-5-13(12)16-8-9-2-1-3-11(17)6-9/h4-5,7,9,11,16-17H,1-3,6,8H2,(H,18,19). The molecule has 19 heavy (non-hydrogen) atoms. The number of rotatable bonds is 4. The van der Waals surface area contributed by atoms with Gasteiger partial charge >= 0.3 is 5.97 Å². The van der Waals surface area contributed by atoms with E-state index in [1.165, 1.54) is 12.1 Å². The molecule has 2 unspecified atom stereocenters. The molecule has 1 aliphatic rings. The van der Waals surface area contributed by atoms with Crippen LogP contribution in [0.15, 0.2) is 18.2 Å². The van der Waals surface area contributed by atoms with E-state index in [1.807, 2.05) is 0 Å². The summed E-state index contributed by atoms with van der Waals surface area (Å²) in [6, 6.07) is 4.67. The number of hydrogen-bond donors (Lipinski definition) is 3. The smallest absolute Gasteiger partial charge is 0.335 e. The van der Waals surface area contributed by atoms with Crippen molar-refractivity contribution >= 4 is 23.3 Å². The molecule has 0 radical (unpaired) electrons. The summed E-state index contributed by atoms with van der Waals surface area (Å²) in [5.41, 5.74) is 0.926. The summed E-state index contributed by atoms with van der Waals surface area (Å²) in [4.78, 5) is 10.8. The van der Waals surface area contributed by atoms with Crippen LogP contribution in [-0.2, 0) is 0 Å². The number of carbonyl (C=O) groups is 1. The molecule has 104 valence electrons. The molecule has 0 spiro atoms. The summed E-state index contributed by atoms with van der Waals surface area (Å²) >= 11 is 6.04. The molecule has 0 amide bonds. The highest BCUT2D eigenvalue weighted by atomic mass is 35.5. The van der Waals surface area contributed by atoms with E-state index in [0.29, 0.717) is 10.9 Å². The molecule has 2 rings (SSSR count). The molecule has 1 aromatic carbocycles. The van der Waals surface area contributed by atoms with Crippen LogP contribution in [0.1, 0.15) is 36.0 Å². The van der Waals surface area contributed by atoms with Gasteiger partial charge in [0.05, 0.1) is 22.4 Å². The van der Waals surface area contributed by atoms with Gasteiger partial charge in [0.15, 0.2) is 0 Å². The van der Waals surface area contributed by atoms with Gasteiger partial charge in [-0.3, -0.25) is 0 Å². The fraction of sp³-hybridized carbons (Fsp3) is 0.500. The number of carboxylic acid groups (broad SMARTS) is 1. The molecule has 3 N–H and O–H groups in total. The maximum Gasteiger partial charge on any atom is 0.335 e. The number of aliphatic hydroxyl groups excluding tert-OH is 1. The second kappa shape index (κ2) is 6.26. The number of carboxylic acids is 1. The zero-order valence-corrected chi connectivity index (χ0v) is 11.4. The lowest BCUT2D eigenvalue weighted by molar-refractivity contribution is 0.0697. The van der Waals surface area contributed by atoms with Crippen molar-refractivity contribution in [3.05, 3.63) is 28.8 Å². The van der Waals surface area contributed by atoms with Gasteiger partial charge in [-0.15, -0.1) is 0 Å². The Hall–Kier alpha value is -1.26. The number of anilines is 1. The minimum absolute atomic E-state index is 0.184. The lowest BCUT2D eigenvalue weighted by Gasteiger charge is -2.26. The molecule has 1 aliphatic carbocycles. The quantitative estimate of drug-likeness (QED) is 0.794. The maximum absolute atomic E-state index is 10.8. The first-order valence-electron chi connectivity index (χ1n) is 6.51. The van der Waals surface area contributed by atoms with E-state index in [9.17, 15) is 9.90 Å². The van der Waals surface area contributed by atoms with Crippen molar-refractivity contribution in [3.8, 4) is 0 Å². The van der Waals surface area contributed by atoms with Crippen LogP contribution in [0.5, 0.6) is 0 Å². The fourth-order valence-corrected chi connectivity index (χ4v) is 2.74. The molecule has 4 nitrogen and oxygen atoms in total.